The lowest BCUT2D eigenvalue weighted by Crippen LogP contribution is -2.36. The van der Waals surface area contributed by atoms with Crippen LogP contribution in [-0.4, -0.2) is 47.9 Å². The number of carbonyl (C=O) groups excluding carboxylic acids is 1. The van der Waals surface area contributed by atoms with Crippen LogP contribution in [-0.2, 0) is 20.9 Å². The molecule has 1 saturated heterocycles. The molecule has 1 N–H and O–H groups in total. The van der Waals surface area contributed by atoms with Gasteiger partial charge in [0.15, 0.2) is 0 Å². The number of methoxy groups -OCH3 is 2. The first-order chi connectivity index (χ1) is 14.8. The smallest absolute Gasteiger partial charge is 0.235 e. The third-order valence-electron chi connectivity index (χ3n) is 5.96. The third kappa shape index (κ3) is 4.47. The molecule has 0 bridgehead atoms. The molecule has 2 aromatic rings. The zero-order chi connectivity index (χ0) is 22.2. The van der Waals surface area contributed by atoms with E-state index in [1.165, 1.54) is 0 Å². The van der Waals surface area contributed by atoms with Crippen molar-refractivity contribution in [2.24, 2.45) is 0 Å². The second kappa shape index (κ2) is 8.84. The van der Waals surface area contributed by atoms with Crippen LogP contribution in [0.2, 0.25) is 0 Å². The molecule has 2 atom stereocenters. The van der Waals surface area contributed by atoms with Gasteiger partial charge in [0.05, 0.1) is 42.1 Å². The van der Waals surface area contributed by atoms with E-state index in [-0.39, 0.29) is 22.8 Å². The SMILES string of the molecule is COCc1cc([C@H]2SCC(=O)Nc3c2c(C)nn3[C@@H]2CCOC(C)(C)C2)ccc1OC. The molecule has 4 rings (SSSR count). The number of anilines is 1. The van der Waals surface area contributed by atoms with Crippen molar-refractivity contribution in [2.45, 2.75) is 57.1 Å². The Kier molecular flexibility index (Phi) is 6.32. The Bertz CT molecular complexity index is 972. The van der Waals surface area contributed by atoms with E-state index < -0.39 is 0 Å². The summed E-state index contributed by atoms with van der Waals surface area (Å²) >= 11 is 1.63. The summed E-state index contributed by atoms with van der Waals surface area (Å²) in [6, 6.07) is 6.36. The Morgan fingerprint density at radius 3 is 2.87 bits per heavy atom. The summed E-state index contributed by atoms with van der Waals surface area (Å²) in [5, 5.41) is 8.06. The van der Waals surface area contributed by atoms with Crippen LogP contribution in [0.3, 0.4) is 0 Å². The number of fused-ring (bicyclic) bond motifs is 1. The van der Waals surface area contributed by atoms with Crippen LogP contribution in [0, 0.1) is 6.92 Å². The molecular formula is C23H31N3O4S. The molecule has 31 heavy (non-hydrogen) atoms. The highest BCUT2D eigenvalue weighted by Crippen LogP contribution is 2.46. The van der Waals surface area contributed by atoms with Crippen LogP contribution >= 0.6 is 11.8 Å². The third-order valence-corrected chi connectivity index (χ3v) is 7.23. The Hall–Kier alpha value is -2.03. The van der Waals surface area contributed by atoms with Crippen LogP contribution < -0.4 is 10.1 Å². The summed E-state index contributed by atoms with van der Waals surface area (Å²) in [6.07, 6.45) is 1.74. The summed E-state index contributed by atoms with van der Waals surface area (Å²) in [6.45, 7) is 7.41. The monoisotopic (exact) mass is 445 g/mol. The summed E-state index contributed by atoms with van der Waals surface area (Å²) < 4.78 is 18.8. The number of aromatic nitrogens is 2. The van der Waals surface area contributed by atoms with Crippen molar-refractivity contribution >= 4 is 23.5 Å². The lowest BCUT2D eigenvalue weighted by Gasteiger charge is -2.36. The molecule has 1 amide bonds. The van der Waals surface area contributed by atoms with Crippen molar-refractivity contribution in [3.8, 4) is 5.75 Å². The van der Waals surface area contributed by atoms with Gasteiger partial charge in [-0.3, -0.25) is 4.79 Å². The molecule has 1 aromatic heterocycles. The molecule has 1 aromatic carbocycles. The molecule has 0 radical (unpaired) electrons. The summed E-state index contributed by atoms with van der Waals surface area (Å²) in [4.78, 5) is 12.6. The highest BCUT2D eigenvalue weighted by molar-refractivity contribution is 8.00. The number of benzene rings is 1. The molecular weight excluding hydrogens is 414 g/mol. The number of carbonyl (C=O) groups is 1. The maximum Gasteiger partial charge on any atom is 0.235 e. The fraction of sp³-hybridized carbons (Fsp3) is 0.565. The molecule has 1 fully saturated rings. The fourth-order valence-corrected chi connectivity index (χ4v) is 5.75. The van der Waals surface area contributed by atoms with Crippen molar-refractivity contribution in [2.75, 3.05) is 31.9 Å². The van der Waals surface area contributed by atoms with E-state index in [1.54, 1.807) is 26.0 Å². The molecule has 0 unspecified atom stereocenters. The molecule has 8 heteroatoms. The van der Waals surface area contributed by atoms with Crippen LogP contribution in [0.15, 0.2) is 18.2 Å². The number of thioether (sulfide) groups is 1. The van der Waals surface area contributed by atoms with Gasteiger partial charge in [0.2, 0.25) is 5.91 Å². The minimum absolute atomic E-state index is 0.00272. The van der Waals surface area contributed by atoms with E-state index in [2.05, 4.69) is 31.3 Å². The average molecular weight is 446 g/mol. The first-order valence-corrected chi connectivity index (χ1v) is 11.7. The fourth-order valence-electron chi connectivity index (χ4n) is 4.57. The van der Waals surface area contributed by atoms with Crippen molar-refractivity contribution < 1.29 is 19.0 Å². The topological polar surface area (TPSA) is 74.6 Å². The molecule has 3 heterocycles. The van der Waals surface area contributed by atoms with E-state index in [0.29, 0.717) is 19.0 Å². The number of amides is 1. The van der Waals surface area contributed by atoms with Crippen LogP contribution in [0.1, 0.15) is 60.4 Å². The van der Waals surface area contributed by atoms with Gasteiger partial charge in [0.1, 0.15) is 11.6 Å². The van der Waals surface area contributed by atoms with Crippen LogP contribution in [0.4, 0.5) is 5.82 Å². The van der Waals surface area contributed by atoms with E-state index in [1.807, 2.05) is 17.7 Å². The minimum Gasteiger partial charge on any atom is -0.496 e. The largest absolute Gasteiger partial charge is 0.496 e. The normalized spacial score (nSPS) is 23.1. The van der Waals surface area contributed by atoms with Gasteiger partial charge in [-0.05, 0) is 51.3 Å². The van der Waals surface area contributed by atoms with Crippen molar-refractivity contribution in [1.29, 1.82) is 0 Å². The van der Waals surface area contributed by atoms with Crippen molar-refractivity contribution in [3.05, 3.63) is 40.6 Å². The zero-order valence-electron chi connectivity index (χ0n) is 18.9. The molecule has 0 saturated carbocycles. The Morgan fingerprint density at radius 2 is 2.16 bits per heavy atom. The average Bonchev–Trinajstić information content (AvgIpc) is 2.93. The predicted octanol–water partition coefficient (Wildman–Crippen LogP) is 4.25. The second-order valence-electron chi connectivity index (χ2n) is 8.79. The summed E-state index contributed by atoms with van der Waals surface area (Å²) in [5.74, 6) is 2.02. The van der Waals surface area contributed by atoms with E-state index >= 15 is 0 Å². The Labute approximate surface area is 187 Å². The lowest BCUT2D eigenvalue weighted by molar-refractivity contribution is -0.113. The number of nitrogens with zero attached hydrogens (tertiary/aromatic N) is 2. The number of rotatable bonds is 5. The molecule has 2 aliphatic heterocycles. The van der Waals surface area contributed by atoms with Crippen LogP contribution in [0.25, 0.3) is 0 Å². The Balaban J connectivity index is 1.78. The predicted molar refractivity (Wildman–Crippen MR) is 122 cm³/mol. The van der Waals surface area contributed by atoms with Gasteiger partial charge in [-0.2, -0.15) is 5.10 Å². The van der Waals surface area contributed by atoms with Gasteiger partial charge in [-0.25, -0.2) is 4.68 Å². The van der Waals surface area contributed by atoms with Gasteiger partial charge in [-0.1, -0.05) is 6.07 Å². The van der Waals surface area contributed by atoms with Gasteiger partial charge in [0.25, 0.3) is 0 Å². The van der Waals surface area contributed by atoms with Gasteiger partial charge in [-0.15, -0.1) is 11.8 Å². The quantitative estimate of drug-likeness (QED) is 0.742. The number of aryl methyl sites for hydroxylation is 1. The van der Waals surface area contributed by atoms with E-state index in [0.717, 1.165) is 46.8 Å². The molecule has 7 nitrogen and oxygen atoms in total. The van der Waals surface area contributed by atoms with Gasteiger partial charge in [0, 0.05) is 24.8 Å². The van der Waals surface area contributed by atoms with Crippen molar-refractivity contribution in [3.63, 3.8) is 0 Å². The Morgan fingerprint density at radius 1 is 1.35 bits per heavy atom. The highest BCUT2D eigenvalue weighted by Gasteiger charge is 2.36. The van der Waals surface area contributed by atoms with Gasteiger partial charge < -0.3 is 19.5 Å². The van der Waals surface area contributed by atoms with Crippen LogP contribution in [0.5, 0.6) is 5.75 Å². The number of nitrogens with one attached hydrogen (secondary N) is 1. The molecule has 168 valence electrons. The maximum absolute atomic E-state index is 12.6. The number of hydrogen-bond donors (Lipinski definition) is 1. The van der Waals surface area contributed by atoms with Crippen molar-refractivity contribution in [1.82, 2.24) is 9.78 Å². The number of ether oxygens (including phenoxy) is 3. The first kappa shape index (κ1) is 22.2. The lowest BCUT2D eigenvalue weighted by atomic mass is 9.94. The van der Waals surface area contributed by atoms with Gasteiger partial charge >= 0.3 is 0 Å². The summed E-state index contributed by atoms with van der Waals surface area (Å²) in [7, 11) is 3.34. The second-order valence-corrected chi connectivity index (χ2v) is 9.88. The number of hydrogen-bond acceptors (Lipinski definition) is 6. The standard InChI is InChI=1S/C23H31N3O4S/c1-14-20-21(15-6-7-18(29-5)16(10-15)12-28-4)31-13-19(27)24-22(20)26(25-14)17-8-9-30-23(2,3)11-17/h6-7,10,17,21H,8-9,11-13H2,1-5H3,(H,24,27)/t17-,21-/m1/s1. The summed E-state index contributed by atoms with van der Waals surface area (Å²) in [5.41, 5.74) is 3.93. The van der Waals surface area contributed by atoms with E-state index in [4.69, 9.17) is 19.3 Å². The maximum atomic E-state index is 12.6. The minimum atomic E-state index is -0.205. The zero-order valence-corrected chi connectivity index (χ0v) is 19.7. The highest BCUT2D eigenvalue weighted by atomic mass is 32.2. The molecule has 0 spiro atoms. The van der Waals surface area contributed by atoms with E-state index in [9.17, 15) is 4.79 Å². The molecule has 2 aliphatic rings. The first-order valence-electron chi connectivity index (χ1n) is 10.6. The molecule has 0 aliphatic carbocycles.